The summed E-state index contributed by atoms with van der Waals surface area (Å²) in [6.45, 7) is 4.56. The first-order valence-electron chi connectivity index (χ1n) is 3.22. The molecule has 1 nitrogen and oxygen atoms in total. The second-order valence-electron chi connectivity index (χ2n) is 2.49. The molecule has 8 heavy (non-hydrogen) atoms. The van der Waals surface area contributed by atoms with Crippen LogP contribution in [0.25, 0.3) is 0 Å². The molecular formula is C7H13N. The maximum atomic E-state index is 5.38. The normalized spacial score (nSPS) is 20.1. The van der Waals surface area contributed by atoms with Gasteiger partial charge in [-0.05, 0) is 18.8 Å². The van der Waals surface area contributed by atoms with Gasteiger partial charge in [0.2, 0.25) is 0 Å². The second kappa shape index (κ2) is 2.31. The molecule has 0 aromatic carbocycles. The molecule has 1 fully saturated rings. The van der Waals surface area contributed by atoms with Crippen LogP contribution in [-0.4, -0.2) is 6.54 Å². The van der Waals surface area contributed by atoms with E-state index >= 15 is 0 Å². The molecule has 0 aliphatic heterocycles. The lowest BCUT2D eigenvalue weighted by Crippen LogP contribution is -2.18. The smallest absolute Gasteiger partial charge is 0.0136 e. The van der Waals surface area contributed by atoms with Gasteiger partial charge in [0, 0.05) is 6.54 Å². The number of rotatable bonds is 2. The fourth-order valence-electron chi connectivity index (χ4n) is 0.983. The first-order valence-corrected chi connectivity index (χ1v) is 3.22. The van der Waals surface area contributed by atoms with Crippen LogP contribution in [0.4, 0.5) is 0 Å². The molecule has 1 saturated carbocycles. The third-order valence-corrected chi connectivity index (χ3v) is 1.94. The second-order valence-corrected chi connectivity index (χ2v) is 2.49. The van der Waals surface area contributed by atoms with Crippen molar-refractivity contribution in [2.24, 2.45) is 11.7 Å². The minimum Gasteiger partial charge on any atom is -0.327 e. The highest BCUT2D eigenvalue weighted by molar-refractivity contribution is 5.04. The van der Waals surface area contributed by atoms with E-state index in [0.717, 1.165) is 5.92 Å². The summed E-state index contributed by atoms with van der Waals surface area (Å²) in [4.78, 5) is 0. The van der Waals surface area contributed by atoms with Crippen molar-refractivity contribution in [1.82, 2.24) is 0 Å². The quantitative estimate of drug-likeness (QED) is 0.534. The van der Waals surface area contributed by atoms with Crippen molar-refractivity contribution in [2.45, 2.75) is 19.3 Å². The Morgan fingerprint density at radius 3 is 2.38 bits per heavy atom. The molecule has 2 N–H and O–H groups in total. The van der Waals surface area contributed by atoms with Gasteiger partial charge in [0.1, 0.15) is 0 Å². The molecular weight excluding hydrogens is 98.1 g/mol. The van der Waals surface area contributed by atoms with E-state index in [0.29, 0.717) is 6.54 Å². The molecule has 0 heterocycles. The summed E-state index contributed by atoms with van der Waals surface area (Å²) in [6, 6.07) is 0. The Labute approximate surface area is 50.6 Å². The van der Waals surface area contributed by atoms with Crippen LogP contribution in [0.5, 0.6) is 0 Å². The zero-order chi connectivity index (χ0) is 5.98. The SMILES string of the molecule is C=C(CN)C1CCC1. The largest absolute Gasteiger partial charge is 0.327 e. The molecule has 46 valence electrons. The third kappa shape index (κ3) is 0.920. The minimum absolute atomic E-state index is 0.685. The molecule has 1 aliphatic carbocycles. The van der Waals surface area contributed by atoms with Gasteiger partial charge < -0.3 is 5.73 Å². The van der Waals surface area contributed by atoms with E-state index in [2.05, 4.69) is 6.58 Å². The zero-order valence-corrected chi connectivity index (χ0v) is 5.19. The fourth-order valence-corrected chi connectivity index (χ4v) is 0.983. The van der Waals surface area contributed by atoms with Crippen molar-refractivity contribution in [3.8, 4) is 0 Å². The van der Waals surface area contributed by atoms with Crippen LogP contribution in [-0.2, 0) is 0 Å². The van der Waals surface area contributed by atoms with Crippen LogP contribution in [0.2, 0.25) is 0 Å². The predicted molar refractivity (Wildman–Crippen MR) is 35.5 cm³/mol. The zero-order valence-electron chi connectivity index (χ0n) is 5.19. The lowest BCUT2D eigenvalue weighted by atomic mass is 9.80. The van der Waals surface area contributed by atoms with Gasteiger partial charge in [0.25, 0.3) is 0 Å². The molecule has 0 spiro atoms. The summed E-state index contributed by atoms with van der Waals surface area (Å²) in [6.07, 6.45) is 4.04. The average Bonchev–Trinajstić information content (AvgIpc) is 1.62. The Balaban J connectivity index is 2.24. The van der Waals surface area contributed by atoms with Crippen molar-refractivity contribution < 1.29 is 0 Å². The molecule has 1 aliphatic rings. The van der Waals surface area contributed by atoms with E-state index in [1.165, 1.54) is 24.8 Å². The monoisotopic (exact) mass is 111 g/mol. The van der Waals surface area contributed by atoms with E-state index in [1.807, 2.05) is 0 Å². The molecule has 0 aromatic rings. The molecule has 1 heteroatoms. The average molecular weight is 111 g/mol. The lowest BCUT2D eigenvalue weighted by molar-refractivity contribution is 0.365. The summed E-state index contributed by atoms with van der Waals surface area (Å²) >= 11 is 0. The Kier molecular flexibility index (Phi) is 1.69. The van der Waals surface area contributed by atoms with Crippen LogP contribution >= 0.6 is 0 Å². The standard InChI is InChI=1S/C7H13N/c1-6(5-8)7-3-2-4-7/h7H,1-5,8H2. The highest BCUT2D eigenvalue weighted by Crippen LogP contribution is 2.31. The van der Waals surface area contributed by atoms with E-state index in [9.17, 15) is 0 Å². The van der Waals surface area contributed by atoms with Crippen LogP contribution < -0.4 is 5.73 Å². The maximum Gasteiger partial charge on any atom is 0.0136 e. The fraction of sp³-hybridized carbons (Fsp3) is 0.714. The van der Waals surface area contributed by atoms with Gasteiger partial charge in [-0.2, -0.15) is 0 Å². The number of hydrogen-bond acceptors (Lipinski definition) is 1. The predicted octanol–water partition coefficient (Wildman–Crippen LogP) is 1.30. The van der Waals surface area contributed by atoms with Gasteiger partial charge in [-0.25, -0.2) is 0 Å². The van der Waals surface area contributed by atoms with E-state index < -0.39 is 0 Å². The molecule has 0 amide bonds. The van der Waals surface area contributed by atoms with Gasteiger partial charge in [0.05, 0.1) is 0 Å². The summed E-state index contributed by atoms with van der Waals surface area (Å²) < 4.78 is 0. The van der Waals surface area contributed by atoms with Gasteiger partial charge in [-0.15, -0.1) is 0 Å². The van der Waals surface area contributed by atoms with Crippen LogP contribution in [0.3, 0.4) is 0 Å². The minimum atomic E-state index is 0.685. The highest BCUT2D eigenvalue weighted by atomic mass is 14.5. The first kappa shape index (κ1) is 5.83. The van der Waals surface area contributed by atoms with Gasteiger partial charge in [-0.1, -0.05) is 18.6 Å². The number of nitrogens with two attached hydrogens (primary N) is 1. The van der Waals surface area contributed by atoms with Crippen molar-refractivity contribution in [1.29, 1.82) is 0 Å². The van der Waals surface area contributed by atoms with Crippen molar-refractivity contribution in [2.75, 3.05) is 6.54 Å². The molecule has 0 aromatic heterocycles. The Hall–Kier alpha value is -0.300. The summed E-state index contributed by atoms with van der Waals surface area (Å²) in [7, 11) is 0. The van der Waals surface area contributed by atoms with E-state index in [4.69, 9.17) is 5.73 Å². The summed E-state index contributed by atoms with van der Waals surface area (Å²) in [5.41, 5.74) is 6.63. The first-order chi connectivity index (χ1) is 3.84. The van der Waals surface area contributed by atoms with Crippen LogP contribution in [0, 0.1) is 5.92 Å². The van der Waals surface area contributed by atoms with Gasteiger partial charge in [0.15, 0.2) is 0 Å². The lowest BCUT2D eigenvalue weighted by Gasteiger charge is -2.26. The highest BCUT2D eigenvalue weighted by Gasteiger charge is 2.18. The van der Waals surface area contributed by atoms with Crippen molar-refractivity contribution >= 4 is 0 Å². The van der Waals surface area contributed by atoms with Crippen molar-refractivity contribution in [3.63, 3.8) is 0 Å². The van der Waals surface area contributed by atoms with Crippen LogP contribution in [0.1, 0.15) is 19.3 Å². The third-order valence-electron chi connectivity index (χ3n) is 1.94. The van der Waals surface area contributed by atoms with Crippen LogP contribution in [0.15, 0.2) is 12.2 Å². The number of hydrogen-bond donors (Lipinski definition) is 1. The Morgan fingerprint density at radius 2 is 2.25 bits per heavy atom. The van der Waals surface area contributed by atoms with E-state index in [1.54, 1.807) is 0 Å². The molecule has 0 saturated heterocycles. The Morgan fingerprint density at radius 1 is 1.62 bits per heavy atom. The van der Waals surface area contributed by atoms with Gasteiger partial charge >= 0.3 is 0 Å². The summed E-state index contributed by atoms with van der Waals surface area (Å²) in [5, 5.41) is 0. The van der Waals surface area contributed by atoms with Gasteiger partial charge in [-0.3, -0.25) is 0 Å². The Bertz CT molecular complexity index is 92.6. The van der Waals surface area contributed by atoms with E-state index in [-0.39, 0.29) is 0 Å². The molecule has 0 unspecified atom stereocenters. The molecule has 0 atom stereocenters. The molecule has 1 rings (SSSR count). The topological polar surface area (TPSA) is 26.0 Å². The molecule has 0 bridgehead atoms. The summed E-state index contributed by atoms with van der Waals surface area (Å²) in [5.74, 6) is 0.778. The molecule has 0 radical (unpaired) electrons. The maximum absolute atomic E-state index is 5.38. The van der Waals surface area contributed by atoms with Crippen molar-refractivity contribution in [3.05, 3.63) is 12.2 Å².